The first-order chi connectivity index (χ1) is 7.39. The third kappa shape index (κ3) is 1.77. The van der Waals surface area contributed by atoms with E-state index in [1.54, 1.807) is 0 Å². The monoisotopic (exact) mass is 218 g/mol. The number of amides is 1. The molecule has 0 unspecified atom stereocenters. The molecule has 1 aliphatic rings. The van der Waals surface area contributed by atoms with E-state index < -0.39 is 0 Å². The van der Waals surface area contributed by atoms with E-state index in [0.717, 1.165) is 18.7 Å². The number of fused-ring (bicyclic) bond motifs is 1. The maximum atomic E-state index is 12.2. The first-order valence-electron chi connectivity index (χ1n) is 5.60. The van der Waals surface area contributed by atoms with Gasteiger partial charge >= 0.3 is 0 Å². The van der Waals surface area contributed by atoms with Crippen molar-refractivity contribution < 1.29 is 4.79 Å². The van der Waals surface area contributed by atoms with Gasteiger partial charge in [-0.05, 0) is 24.1 Å². The molecular weight excluding hydrogens is 200 g/mol. The summed E-state index contributed by atoms with van der Waals surface area (Å²) in [7, 11) is 0. The number of hydrogen-bond donors (Lipinski definition) is 1. The molecule has 1 heterocycles. The zero-order valence-electron chi connectivity index (χ0n) is 10.1. The lowest BCUT2D eigenvalue weighted by Gasteiger charge is -2.26. The van der Waals surface area contributed by atoms with Crippen LogP contribution in [0.15, 0.2) is 18.2 Å². The van der Waals surface area contributed by atoms with Crippen molar-refractivity contribution in [2.45, 2.75) is 27.2 Å². The second-order valence-corrected chi connectivity index (χ2v) is 5.34. The molecule has 86 valence electrons. The summed E-state index contributed by atoms with van der Waals surface area (Å²) < 4.78 is 0. The molecule has 0 saturated carbocycles. The maximum Gasteiger partial charge on any atom is 0.232 e. The van der Waals surface area contributed by atoms with Crippen molar-refractivity contribution in [3.8, 4) is 0 Å². The number of benzene rings is 1. The topological polar surface area (TPSA) is 46.3 Å². The van der Waals surface area contributed by atoms with Crippen molar-refractivity contribution in [1.82, 2.24) is 0 Å². The first kappa shape index (κ1) is 11.0. The molecule has 1 aromatic rings. The average Bonchev–Trinajstić information content (AvgIpc) is 2.57. The lowest BCUT2D eigenvalue weighted by molar-refractivity contribution is -0.125. The van der Waals surface area contributed by atoms with Crippen LogP contribution in [0.3, 0.4) is 0 Å². The second-order valence-electron chi connectivity index (χ2n) is 5.34. The van der Waals surface area contributed by atoms with Gasteiger partial charge in [0, 0.05) is 23.3 Å². The van der Waals surface area contributed by atoms with Gasteiger partial charge in [-0.3, -0.25) is 4.79 Å². The molecule has 0 aromatic heterocycles. The summed E-state index contributed by atoms with van der Waals surface area (Å²) in [4.78, 5) is 14.1. The predicted molar refractivity (Wildman–Crippen MR) is 66.4 cm³/mol. The van der Waals surface area contributed by atoms with Crippen LogP contribution in [0.4, 0.5) is 11.4 Å². The minimum absolute atomic E-state index is 0.164. The molecule has 1 aliphatic heterocycles. The highest BCUT2D eigenvalue weighted by molar-refractivity contribution is 5.99. The fourth-order valence-electron chi connectivity index (χ4n) is 2.01. The SMILES string of the molecule is CC(C)(C)C(=O)N1CCc2ccc(N)cc21. The van der Waals surface area contributed by atoms with E-state index >= 15 is 0 Å². The highest BCUT2D eigenvalue weighted by Gasteiger charge is 2.32. The Morgan fingerprint density at radius 3 is 2.69 bits per heavy atom. The van der Waals surface area contributed by atoms with Gasteiger partial charge in [0.15, 0.2) is 0 Å². The van der Waals surface area contributed by atoms with Crippen molar-refractivity contribution in [3.05, 3.63) is 23.8 Å². The smallest absolute Gasteiger partial charge is 0.232 e. The van der Waals surface area contributed by atoms with Gasteiger partial charge in [-0.1, -0.05) is 26.8 Å². The van der Waals surface area contributed by atoms with E-state index in [-0.39, 0.29) is 11.3 Å². The molecule has 1 amide bonds. The zero-order chi connectivity index (χ0) is 11.9. The van der Waals surface area contributed by atoms with Crippen LogP contribution >= 0.6 is 0 Å². The zero-order valence-corrected chi connectivity index (χ0v) is 10.1. The Hall–Kier alpha value is -1.51. The van der Waals surface area contributed by atoms with Gasteiger partial charge in [-0.25, -0.2) is 0 Å². The van der Waals surface area contributed by atoms with E-state index in [1.807, 2.05) is 43.9 Å². The van der Waals surface area contributed by atoms with Crippen LogP contribution in [0.1, 0.15) is 26.3 Å². The van der Waals surface area contributed by atoms with Gasteiger partial charge in [0.1, 0.15) is 0 Å². The van der Waals surface area contributed by atoms with E-state index in [9.17, 15) is 4.79 Å². The van der Waals surface area contributed by atoms with Gasteiger partial charge in [-0.2, -0.15) is 0 Å². The minimum Gasteiger partial charge on any atom is -0.399 e. The molecule has 2 N–H and O–H groups in total. The fourth-order valence-corrected chi connectivity index (χ4v) is 2.01. The molecular formula is C13H18N2O. The number of carbonyl (C=O) groups is 1. The van der Waals surface area contributed by atoms with Gasteiger partial charge in [-0.15, -0.1) is 0 Å². The summed E-state index contributed by atoms with van der Waals surface area (Å²) >= 11 is 0. The van der Waals surface area contributed by atoms with Crippen LogP contribution in [-0.4, -0.2) is 12.5 Å². The molecule has 0 spiro atoms. The van der Waals surface area contributed by atoms with Crippen LogP contribution in [-0.2, 0) is 11.2 Å². The van der Waals surface area contributed by atoms with Gasteiger partial charge < -0.3 is 10.6 Å². The Morgan fingerprint density at radius 2 is 2.06 bits per heavy atom. The van der Waals surface area contributed by atoms with E-state index in [4.69, 9.17) is 5.73 Å². The molecule has 0 aliphatic carbocycles. The van der Waals surface area contributed by atoms with Crippen molar-refractivity contribution in [1.29, 1.82) is 0 Å². The number of carbonyl (C=O) groups excluding carboxylic acids is 1. The Labute approximate surface area is 96.2 Å². The molecule has 0 bridgehead atoms. The summed E-state index contributed by atoms with van der Waals surface area (Å²) in [6.45, 7) is 6.60. The highest BCUT2D eigenvalue weighted by Crippen LogP contribution is 2.33. The van der Waals surface area contributed by atoms with E-state index in [2.05, 4.69) is 0 Å². The van der Waals surface area contributed by atoms with E-state index in [1.165, 1.54) is 5.56 Å². The largest absolute Gasteiger partial charge is 0.399 e. The van der Waals surface area contributed by atoms with Gasteiger partial charge in [0.2, 0.25) is 5.91 Å². The number of nitrogens with two attached hydrogens (primary N) is 1. The number of rotatable bonds is 0. The number of anilines is 2. The molecule has 3 heteroatoms. The highest BCUT2D eigenvalue weighted by atomic mass is 16.2. The average molecular weight is 218 g/mol. The summed E-state index contributed by atoms with van der Waals surface area (Å²) in [6, 6.07) is 5.80. The molecule has 2 rings (SSSR count). The number of nitrogens with zero attached hydrogens (tertiary/aromatic N) is 1. The van der Waals surface area contributed by atoms with E-state index in [0.29, 0.717) is 5.69 Å². The lowest BCUT2D eigenvalue weighted by atomic mass is 9.94. The number of nitrogen functional groups attached to an aromatic ring is 1. The van der Waals surface area contributed by atoms with Crippen molar-refractivity contribution in [2.24, 2.45) is 5.41 Å². The molecule has 1 aromatic carbocycles. The van der Waals surface area contributed by atoms with Crippen molar-refractivity contribution in [3.63, 3.8) is 0 Å². The number of hydrogen-bond acceptors (Lipinski definition) is 2. The van der Waals surface area contributed by atoms with Crippen molar-refractivity contribution in [2.75, 3.05) is 17.2 Å². The normalized spacial score (nSPS) is 15.1. The third-order valence-corrected chi connectivity index (χ3v) is 2.89. The minimum atomic E-state index is -0.341. The lowest BCUT2D eigenvalue weighted by Crippen LogP contribution is -2.38. The van der Waals surface area contributed by atoms with Gasteiger partial charge in [0.25, 0.3) is 0 Å². The Balaban J connectivity index is 2.37. The molecule has 3 nitrogen and oxygen atoms in total. The Bertz CT molecular complexity index is 432. The fraction of sp³-hybridized carbons (Fsp3) is 0.462. The van der Waals surface area contributed by atoms with Crippen LogP contribution in [0.25, 0.3) is 0 Å². The van der Waals surface area contributed by atoms with Crippen LogP contribution in [0.5, 0.6) is 0 Å². The molecule has 0 fully saturated rings. The summed E-state index contributed by atoms with van der Waals surface area (Å²) in [6.07, 6.45) is 0.928. The molecule has 0 radical (unpaired) electrons. The molecule has 16 heavy (non-hydrogen) atoms. The van der Waals surface area contributed by atoms with Crippen molar-refractivity contribution >= 4 is 17.3 Å². The summed E-state index contributed by atoms with van der Waals surface area (Å²) in [5, 5.41) is 0. The van der Waals surface area contributed by atoms with Crippen LogP contribution in [0, 0.1) is 5.41 Å². The standard InChI is InChI=1S/C13H18N2O/c1-13(2,3)12(16)15-7-6-9-4-5-10(14)8-11(9)15/h4-5,8H,6-7,14H2,1-3H3. The third-order valence-electron chi connectivity index (χ3n) is 2.89. The predicted octanol–water partition coefficient (Wildman–Crippen LogP) is 2.20. The summed E-state index contributed by atoms with van der Waals surface area (Å²) in [5.41, 5.74) is 8.34. The quantitative estimate of drug-likeness (QED) is 0.679. The van der Waals surface area contributed by atoms with Crippen LogP contribution < -0.4 is 10.6 Å². The molecule has 0 saturated heterocycles. The Kier molecular flexibility index (Phi) is 2.41. The van der Waals surface area contributed by atoms with Gasteiger partial charge in [0.05, 0.1) is 0 Å². The molecule has 0 atom stereocenters. The maximum absolute atomic E-state index is 12.2. The second kappa shape index (κ2) is 3.51. The summed E-state index contributed by atoms with van der Waals surface area (Å²) in [5.74, 6) is 0.164. The van der Waals surface area contributed by atoms with Crippen LogP contribution in [0.2, 0.25) is 0 Å². The first-order valence-corrected chi connectivity index (χ1v) is 5.60. The Morgan fingerprint density at radius 1 is 1.38 bits per heavy atom.